The monoisotopic (exact) mass is 236 g/mol. The molecule has 1 aliphatic rings. The van der Waals surface area contributed by atoms with Crippen molar-refractivity contribution in [1.29, 1.82) is 0 Å². The molecule has 0 saturated carbocycles. The van der Waals surface area contributed by atoms with Gasteiger partial charge >= 0.3 is 0 Å². The van der Waals surface area contributed by atoms with Crippen LogP contribution in [0.1, 0.15) is 24.9 Å². The Balaban J connectivity index is 1.95. The average molecular weight is 236 g/mol. The van der Waals surface area contributed by atoms with Crippen molar-refractivity contribution in [3.8, 4) is 0 Å². The average Bonchev–Trinajstić information content (AvgIpc) is 2.86. The highest BCUT2D eigenvalue weighted by Crippen LogP contribution is 2.19. The van der Waals surface area contributed by atoms with Gasteiger partial charge in [0.2, 0.25) is 5.91 Å². The van der Waals surface area contributed by atoms with Crippen molar-refractivity contribution in [1.82, 2.24) is 10.2 Å². The summed E-state index contributed by atoms with van der Waals surface area (Å²) in [7, 11) is 1.84. The molecule has 0 aromatic carbocycles. The van der Waals surface area contributed by atoms with E-state index in [1.807, 2.05) is 26.1 Å². The number of aryl methyl sites for hydroxylation is 1. The van der Waals surface area contributed by atoms with E-state index >= 15 is 0 Å². The minimum atomic E-state index is 0.107. The minimum absolute atomic E-state index is 0.107. The Morgan fingerprint density at radius 1 is 1.59 bits per heavy atom. The first kappa shape index (κ1) is 12.2. The summed E-state index contributed by atoms with van der Waals surface area (Å²) in [6.45, 7) is 5.47. The second-order valence-electron chi connectivity index (χ2n) is 4.84. The maximum Gasteiger partial charge on any atom is 0.227 e. The Bertz CT molecular complexity index is 400. The molecule has 2 rings (SSSR count). The lowest BCUT2D eigenvalue weighted by Crippen LogP contribution is -2.37. The molecular weight excluding hydrogens is 216 g/mol. The van der Waals surface area contributed by atoms with E-state index in [0.717, 1.165) is 24.5 Å². The molecule has 4 nitrogen and oxygen atoms in total. The SMILES string of the molecule is Cc1ccc(CN(C)C(=O)C2CCNC2C)o1. The summed E-state index contributed by atoms with van der Waals surface area (Å²) in [5.41, 5.74) is 0. The third-order valence-electron chi connectivity index (χ3n) is 3.41. The van der Waals surface area contributed by atoms with Gasteiger partial charge in [-0.3, -0.25) is 4.79 Å². The number of hydrogen-bond acceptors (Lipinski definition) is 3. The van der Waals surface area contributed by atoms with Gasteiger partial charge in [0.15, 0.2) is 0 Å². The molecule has 1 aromatic rings. The van der Waals surface area contributed by atoms with Crippen LogP contribution in [-0.4, -0.2) is 30.4 Å². The Hall–Kier alpha value is -1.29. The Morgan fingerprint density at radius 3 is 2.88 bits per heavy atom. The standard InChI is InChI=1S/C13H20N2O2/c1-9-4-5-11(17-9)8-15(3)13(16)12-6-7-14-10(12)2/h4-5,10,12,14H,6-8H2,1-3H3. The van der Waals surface area contributed by atoms with Crippen molar-refractivity contribution < 1.29 is 9.21 Å². The second-order valence-corrected chi connectivity index (χ2v) is 4.84. The van der Waals surface area contributed by atoms with Crippen LogP contribution in [0.2, 0.25) is 0 Å². The molecule has 0 bridgehead atoms. The second kappa shape index (κ2) is 4.92. The van der Waals surface area contributed by atoms with Crippen molar-refractivity contribution >= 4 is 5.91 Å². The molecule has 1 aliphatic heterocycles. The smallest absolute Gasteiger partial charge is 0.227 e. The fourth-order valence-electron chi connectivity index (χ4n) is 2.36. The largest absolute Gasteiger partial charge is 0.464 e. The summed E-state index contributed by atoms with van der Waals surface area (Å²) < 4.78 is 5.48. The lowest BCUT2D eigenvalue weighted by molar-refractivity contribution is -0.135. The van der Waals surface area contributed by atoms with Gasteiger partial charge in [0.1, 0.15) is 11.5 Å². The first-order valence-electron chi connectivity index (χ1n) is 6.11. The van der Waals surface area contributed by atoms with Crippen LogP contribution in [0.3, 0.4) is 0 Å². The van der Waals surface area contributed by atoms with Crippen LogP contribution in [-0.2, 0) is 11.3 Å². The first-order valence-corrected chi connectivity index (χ1v) is 6.11. The van der Waals surface area contributed by atoms with E-state index in [1.165, 1.54) is 0 Å². The van der Waals surface area contributed by atoms with Crippen molar-refractivity contribution in [2.24, 2.45) is 5.92 Å². The van der Waals surface area contributed by atoms with Gasteiger partial charge in [0.25, 0.3) is 0 Å². The minimum Gasteiger partial charge on any atom is -0.464 e. The number of amides is 1. The molecule has 2 atom stereocenters. The van der Waals surface area contributed by atoms with Gasteiger partial charge in [0.05, 0.1) is 12.5 Å². The number of carbonyl (C=O) groups excluding carboxylic acids is 1. The summed E-state index contributed by atoms with van der Waals surface area (Å²) in [5.74, 6) is 2.04. The van der Waals surface area contributed by atoms with Gasteiger partial charge in [-0.05, 0) is 38.9 Å². The highest BCUT2D eigenvalue weighted by Gasteiger charge is 2.31. The third kappa shape index (κ3) is 2.69. The number of rotatable bonds is 3. The van der Waals surface area contributed by atoms with E-state index in [4.69, 9.17) is 4.42 Å². The lowest BCUT2D eigenvalue weighted by Gasteiger charge is -2.22. The number of hydrogen-bond donors (Lipinski definition) is 1. The Morgan fingerprint density at radius 2 is 2.35 bits per heavy atom. The van der Waals surface area contributed by atoms with Crippen LogP contribution < -0.4 is 5.32 Å². The zero-order chi connectivity index (χ0) is 12.4. The van der Waals surface area contributed by atoms with Gasteiger partial charge in [0, 0.05) is 13.1 Å². The van der Waals surface area contributed by atoms with Crippen LogP contribution in [0.25, 0.3) is 0 Å². The molecule has 1 N–H and O–H groups in total. The maximum atomic E-state index is 12.2. The summed E-state index contributed by atoms with van der Waals surface area (Å²) in [6.07, 6.45) is 0.932. The third-order valence-corrected chi connectivity index (χ3v) is 3.41. The van der Waals surface area contributed by atoms with Crippen molar-refractivity contribution in [3.63, 3.8) is 0 Å². The van der Waals surface area contributed by atoms with Gasteiger partial charge in [-0.1, -0.05) is 0 Å². The van der Waals surface area contributed by atoms with E-state index in [0.29, 0.717) is 6.54 Å². The molecule has 2 unspecified atom stereocenters. The van der Waals surface area contributed by atoms with Crippen LogP contribution in [0, 0.1) is 12.8 Å². The number of nitrogens with zero attached hydrogens (tertiary/aromatic N) is 1. The van der Waals surface area contributed by atoms with Gasteiger partial charge in [-0.2, -0.15) is 0 Å². The van der Waals surface area contributed by atoms with E-state index < -0.39 is 0 Å². The zero-order valence-corrected chi connectivity index (χ0v) is 10.7. The fourth-order valence-corrected chi connectivity index (χ4v) is 2.36. The highest BCUT2D eigenvalue weighted by molar-refractivity contribution is 5.79. The molecule has 0 radical (unpaired) electrons. The van der Waals surface area contributed by atoms with Crippen molar-refractivity contribution in [3.05, 3.63) is 23.7 Å². The predicted molar refractivity (Wildman–Crippen MR) is 65.5 cm³/mol. The molecule has 0 aliphatic carbocycles. The van der Waals surface area contributed by atoms with E-state index in [2.05, 4.69) is 12.2 Å². The molecule has 17 heavy (non-hydrogen) atoms. The summed E-state index contributed by atoms with van der Waals surface area (Å²) in [6, 6.07) is 4.13. The highest BCUT2D eigenvalue weighted by atomic mass is 16.3. The first-order chi connectivity index (χ1) is 8.08. The topological polar surface area (TPSA) is 45.5 Å². The van der Waals surface area contributed by atoms with E-state index in [9.17, 15) is 4.79 Å². The Kier molecular flexibility index (Phi) is 3.52. The van der Waals surface area contributed by atoms with Crippen LogP contribution in [0.5, 0.6) is 0 Å². The molecule has 1 saturated heterocycles. The molecule has 2 heterocycles. The van der Waals surface area contributed by atoms with Gasteiger partial charge < -0.3 is 14.6 Å². The van der Waals surface area contributed by atoms with Crippen molar-refractivity contribution in [2.75, 3.05) is 13.6 Å². The van der Waals surface area contributed by atoms with E-state index in [-0.39, 0.29) is 17.9 Å². The molecule has 1 fully saturated rings. The van der Waals surface area contributed by atoms with Crippen LogP contribution in [0.4, 0.5) is 0 Å². The van der Waals surface area contributed by atoms with Crippen LogP contribution >= 0.6 is 0 Å². The van der Waals surface area contributed by atoms with Crippen LogP contribution in [0.15, 0.2) is 16.5 Å². The van der Waals surface area contributed by atoms with Gasteiger partial charge in [-0.25, -0.2) is 0 Å². The molecular formula is C13H20N2O2. The molecule has 4 heteroatoms. The molecule has 1 amide bonds. The summed E-state index contributed by atoms with van der Waals surface area (Å²) >= 11 is 0. The number of nitrogens with one attached hydrogen (secondary N) is 1. The quantitative estimate of drug-likeness (QED) is 0.866. The molecule has 94 valence electrons. The van der Waals surface area contributed by atoms with Crippen molar-refractivity contribution in [2.45, 2.75) is 32.9 Å². The Labute approximate surface area is 102 Å². The maximum absolute atomic E-state index is 12.2. The number of furan rings is 1. The van der Waals surface area contributed by atoms with E-state index in [1.54, 1.807) is 4.90 Å². The summed E-state index contributed by atoms with van der Waals surface area (Å²) in [5, 5.41) is 3.30. The fraction of sp³-hybridized carbons (Fsp3) is 0.615. The normalized spacial score (nSPS) is 23.9. The van der Waals surface area contributed by atoms with Gasteiger partial charge in [-0.15, -0.1) is 0 Å². The molecule has 1 aromatic heterocycles. The number of carbonyl (C=O) groups is 1. The lowest BCUT2D eigenvalue weighted by atomic mass is 10.0. The summed E-state index contributed by atoms with van der Waals surface area (Å²) in [4.78, 5) is 14.0. The zero-order valence-electron chi connectivity index (χ0n) is 10.7. The predicted octanol–water partition coefficient (Wildman–Crippen LogP) is 1.54. The molecule has 0 spiro atoms.